The minimum atomic E-state index is -2.54. The molecule has 4 aliphatic heterocycles. The third-order valence-electron chi connectivity index (χ3n) is 25.9. The van der Waals surface area contributed by atoms with Gasteiger partial charge in [-0.05, 0) is 78.3 Å². The Kier molecular flexibility index (Phi) is 29.6. The van der Waals surface area contributed by atoms with E-state index in [9.17, 15) is 13.2 Å². The van der Waals surface area contributed by atoms with Crippen molar-refractivity contribution in [2.24, 2.45) is 0 Å². The maximum atomic E-state index is 13.4. The van der Waals surface area contributed by atoms with Crippen LogP contribution in [0.5, 0.6) is 23.0 Å². The van der Waals surface area contributed by atoms with Crippen LogP contribution in [0, 0.1) is 27.7 Å². The largest absolute Gasteiger partial charge is 0.493 e. The lowest BCUT2D eigenvalue weighted by molar-refractivity contribution is -0.0564. The van der Waals surface area contributed by atoms with Gasteiger partial charge in [0, 0.05) is 176 Å². The number of halogens is 3. The van der Waals surface area contributed by atoms with Crippen molar-refractivity contribution in [3.8, 4) is 153 Å². The average molecular weight is 2030 g/mol. The summed E-state index contributed by atoms with van der Waals surface area (Å²) in [7, 11) is 2.17. The molecule has 4 saturated heterocycles. The number of H-pyrrole nitrogens is 4. The van der Waals surface area contributed by atoms with Crippen LogP contribution in [0.15, 0.2) is 220 Å². The average Bonchev–Trinajstić information content (AvgIpc) is 1.62. The van der Waals surface area contributed by atoms with Crippen LogP contribution in [0.1, 0.15) is 54.9 Å². The molecule has 34 nitrogen and oxygen atoms in total. The second kappa shape index (κ2) is 44.4. The molecule has 4 fully saturated rings. The van der Waals surface area contributed by atoms with E-state index in [2.05, 4.69) is 129 Å². The molecule has 24 rings (SSSR count). The molecule has 0 atom stereocenters. The van der Waals surface area contributed by atoms with E-state index in [4.69, 9.17) is 58.9 Å². The number of fused-ring (bicyclic) bond motifs is 4. The zero-order valence-electron chi connectivity index (χ0n) is 80.5. The second-order valence-electron chi connectivity index (χ2n) is 35.8. The van der Waals surface area contributed by atoms with Gasteiger partial charge in [-0.3, -0.25) is 40.0 Å². The molecule has 742 valence electrons. The van der Waals surface area contributed by atoms with E-state index in [1.54, 1.807) is 34.0 Å². The first-order valence-electron chi connectivity index (χ1n) is 48.4. The van der Waals surface area contributed by atoms with Gasteiger partial charge in [-0.1, -0.05) is 121 Å². The van der Waals surface area contributed by atoms with E-state index in [0.29, 0.717) is 88.0 Å². The Morgan fingerprint density at radius 2 is 0.648 bits per heavy atom. The highest BCUT2D eigenvalue weighted by molar-refractivity contribution is 7.20. The second-order valence-corrected chi connectivity index (χ2v) is 39.8. The standard InChI is InChI=1S/C26H25F2N7OS.C26H26FN7OS.C26H28N8OS.C26H27N7O2S/c1-17-21(25-31-22(18-5-3-2-4-6-18)23(37-25)24-29-16-30-32-24)20-15-19(7-10-35(20)33-17)36-14-13-34-11-8-26(27,28)9-12-34;1-17-22(26-30-23(18-5-3-2-4-6-18)24(36-26)25-28-16-29-31-25)21-15-20(9-12-34(21)32-17)35-14-13-33-10-7-19(27)8-11-33;1-18-22(26-29-23(19-6-4-3-5-7-19)24(36-26)25-27-17-28-30-25)21-16-20(8-9-34(21)31-18)35-15-14-33-12-10-32(2)11-13-33;1-18-22(26-29-23(19-6-3-2-4-7-19)24(36-26)25-27-17-28-30-25)21-16-20(8-10-33(21)31-18)35-13-5-9-32-11-14-34-15-12-32/h2-7,10,15-16H,8-9,11-14H2,1H3,(H,29,30,32);2-6,9,12,15-16,19H,7-8,10-11,13-14H2,1H3,(H,28,29,31);3-9,16-17H,10-15H2,1-2H3,(H,27,28,30);2-4,6-8,10,16-17H,5,9,11-15H2,1H3,(H,27,28,30). The Hall–Kier alpha value is -14.5. The Bertz CT molecular complexity index is 7430. The summed E-state index contributed by atoms with van der Waals surface area (Å²) in [5.41, 5.74) is 18.7. The van der Waals surface area contributed by atoms with Crippen molar-refractivity contribution in [1.82, 2.24) is 144 Å². The lowest BCUT2D eigenvalue weighted by Crippen LogP contribution is -2.45. The van der Waals surface area contributed by atoms with Gasteiger partial charge in [-0.2, -0.15) is 40.8 Å². The van der Waals surface area contributed by atoms with Gasteiger partial charge in [0.15, 0.2) is 23.3 Å². The maximum absolute atomic E-state index is 13.4. The van der Waals surface area contributed by atoms with Crippen molar-refractivity contribution < 1.29 is 36.9 Å². The molecule has 145 heavy (non-hydrogen) atoms. The number of nitrogens with one attached hydrogen (secondary N) is 4. The van der Waals surface area contributed by atoms with Crippen molar-refractivity contribution in [3.63, 3.8) is 0 Å². The normalized spacial score (nSPS) is 15.1. The molecule has 0 amide bonds. The topological polar surface area (TPSA) is 349 Å². The van der Waals surface area contributed by atoms with Gasteiger partial charge in [-0.15, -0.1) is 45.3 Å². The molecule has 0 saturated carbocycles. The van der Waals surface area contributed by atoms with Crippen LogP contribution in [0.25, 0.3) is 152 Å². The summed E-state index contributed by atoms with van der Waals surface area (Å²) in [6.07, 6.45) is 15.1. The Morgan fingerprint density at radius 1 is 0.359 bits per heavy atom. The van der Waals surface area contributed by atoms with Crippen molar-refractivity contribution in [2.45, 2.75) is 71.9 Å². The third-order valence-corrected chi connectivity index (χ3v) is 30.2. The van der Waals surface area contributed by atoms with Gasteiger partial charge >= 0.3 is 0 Å². The number of piperazine rings is 1. The maximum Gasteiger partial charge on any atom is 0.250 e. The molecule has 0 radical (unpaired) electrons. The number of nitrogens with zero attached hydrogens (tertiary/aromatic N) is 25. The number of morpholine rings is 1. The first-order valence-corrected chi connectivity index (χ1v) is 51.6. The number of piperidine rings is 2. The van der Waals surface area contributed by atoms with Gasteiger partial charge in [0.05, 0.1) is 129 Å². The summed E-state index contributed by atoms with van der Waals surface area (Å²) in [5.74, 6) is 3.38. The van der Waals surface area contributed by atoms with Crippen LogP contribution in [0.4, 0.5) is 13.2 Å². The van der Waals surface area contributed by atoms with E-state index in [1.165, 1.54) is 36.6 Å². The van der Waals surface area contributed by atoms with E-state index in [-0.39, 0.29) is 12.8 Å². The lowest BCUT2D eigenvalue weighted by Gasteiger charge is -2.32. The van der Waals surface area contributed by atoms with Crippen LogP contribution in [-0.4, -0.2) is 294 Å². The van der Waals surface area contributed by atoms with Crippen molar-refractivity contribution in [1.29, 1.82) is 0 Å². The number of thiazole rings is 4. The minimum Gasteiger partial charge on any atom is -0.493 e. The SMILES string of the molecule is Cc1nn2ccc(OCCCN3CCOCC3)cc2c1-c1nc(-c2ccccc2)c(-c2ncn[nH]2)s1.Cc1nn2ccc(OCCN3CCC(F)(F)CC3)cc2c1-c1nc(-c2ccccc2)c(-c2ncn[nH]2)s1.Cc1nn2ccc(OCCN3CCC(F)CC3)cc2c1-c1nc(-c2ccccc2)c(-c2ncn[nH]2)s1.Cc1nn2ccc(OCCN3CCN(C)CC3)cc2c1-c1nc(-c2ccccc2)c(-c2ncn[nH]2)s1. The molecule has 0 spiro atoms. The summed E-state index contributed by atoms with van der Waals surface area (Å²) in [5, 5.41) is 50.4. The monoisotopic (exact) mass is 2030 g/mol. The minimum absolute atomic E-state index is 0.0910. The number of likely N-dealkylation sites (tertiary alicyclic amines) is 2. The van der Waals surface area contributed by atoms with Gasteiger partial charge in [0.1, 0.15) is 94.3 Å². The van der Waals surface area contributed by atoms with Crippen molar-refractivity contribution in [3.05, 3.63) is 243 Å². The predicted octanol–water partition coefficient (Wildman–Crippen LogP) is 18.5. The number of aryl methyl sites for hydroxylation is 4. The smallest absolute Gasteiger partial charge is 0.250 e. The van der Waals surface area contributed by atoms with E-state index < -0.39 is 12.1 Å². The van der Waals surface area contributed by atoms with E-state index in [1.807, 2.05) is 209 Å². The zero-order chi connectivity index (χ0) is 98.7. The van der Waals surface area contributed by atoms with E-state index in [0.717, 1.165) is 261 Å². The van der Waals surface area contributed by atoms with Gasteiger partial charge < -0.3 is 28.6 Å². The molecular weight excluding hydrogens is 1920 g/mol. The summed E-state index contributed by atoms with van der Waals surface area (Å²) in [4.78, 5) is 53.0. The first kappa shape index (κ1) is 96.6. The van der Waals surface area contributed by atoms with Gasteiger partial charge in [0.2, 0.25) is 0 Å². The number of pyridine rings is 4. The molecule has 4 aromatic carbocycles. The number of alkyl halides is 3. The van der Waals surface area contributed by atoms with Crippen LogP contribution in [-0.2, 0) is 4.74 Å². The molecule has 0 bridgehead atoms. The fourth-order valence-corrected chi connectivity index (χ4v) is 22.8. The highest BCUT2D eigenvalue weighted by atomic mass is 32.1. The number of rotatable bonds is 29. The summed E-state index contributed by atoms with van der Waals surface area (Å²) in [6, 6.07) is 56.2. The van der Waals surface area contributed by atoms with Crippen molar-refractivity contribution >= 4 is 67.4 Å². The molecule has 41 heteroatoms. The molecule has 20 heterocycles. The third kappa shape index (κ3) is 22.4. The van der Waals surface area contributed by atoms with Crippen LogP contribution < -0.4 is 18.9 Å². The Morgan fingerprint density at radius 3 is 0.952 bits per heavy atom. The highest BCUT2D eigenvalue weighted by Gasteiger charge is 2.35. The number of likely N-dealkylation sites (N-methyl/N-ethyl adjacent to an activating group) is 1. The summed E-state index contributed by atoms with van der Waals surface area (Å²) in [6.45, 7) is 24.1. The lowest BCUT2D eigenvalue weighted by atomic mass is 10.1. The highest BCUT2D eigenvalue weighted by Crippen LogP contribution is 2.48. The fraction of sp³-hybridized carbons (Fsp3) is 0.308. The number of aromatic amines is 4. The number of hydrogen-bond acceptors (Lipinski definition) is 30. The molecule has 0 unspecified atom stereocenters. The Labute approximate surface area is 848 Å². The fourth-order valence-electron chi connectivity index (χ4n) is 18.3. The molecule has 20 aromatic rings. The van der Waals surface area contributed by atoms with Gasteiger partial charge in [0.25, 0.3) is 5.92 Å². The number of aromatic nitrogens is 24. The Balaban J connectivity index is 0.000000114. The zero-order valence-corrected chi connectivity index (χ0v) is 83.8. The van der Waals surface area contributed by atoms with Crippen LogP contribution in [0.3, 0.4) is 0 Å². The van der Waals surface area contributed by atoms with Crippen LogP contribution >= 0.6 is 45.3 Å². The number of hydrogen-bond donors (Lipinski definition) is 4. The molecular formula is C104H106F3N29O5S4. The van der Waals surface area contributed by atoms with Crippen molar-refractivity contribution in [2.75, 3.05) is 138 Å². The van der Waals surface area contributed by atoms with Crippen LogP contribution in [0.2, 0.25) is 0 Å². The van der Waals surface area contributed by atoms with Gasteiger partial charge in [-0.25, -0.2) is 71.1 Å². The molecule has 16 aromatic heterocycles. The number of ether oxygens (including phenoxy) is 5. The quantitative estimate of drug-likeness (QED) is 0.0316. The summed E-state index contributed by atoms with van der Waals surface area (Å²) >= 11 is 6.28. The predicted molar refractivity (Wildman–Crippen MR) is 556 cm³/mol. The van der Waals surface area contributed by atoms with E-state index >= 15 is 0 Å². The first-order chi connectivity index (χ1) is 71.0. The molecule has 4 N–H and O–H groups in total. The number of benzene rings is 4. The summed E-state index contributed by atoms with van der Waals surface area (Å²) < 4.78 is 77.5. The molecule has 4 aliphatic rings. The molecule has 0 aliphatic carbocycles.